The Bertz CT molecular complexity index is 1020. The molecule has 0 fully saturated rings. The number of carbonyl (C=O) groups is 1. The van der Waals surface area contributed by atoms with Crippen molar-refractivity contribution in [3.63, 3.8) is 0 Å². The smallest absolute Gasteiger partial charge is 0.341 e. The van der Waals surface area contributed by atoms with E-state index in [0.717, 1.165) is 27.3 Å². The molecule has 1 N–H and O–H groups in total. The van der Waals surface area contributed by atoms with Crippen LogP contribution in [0.3, 0.4) is 0 Å². The number of carboxylic acid groups (broad SMARTS) is 1. The molecule has 154 valence electrons. The average Bonchev–Trinajstić information content (AvgIpc) is 2.77. The Balaban J connectivity index is 1.77. The summed E-state index contributed by atoms with van der Waals surface area (Å²) in [6.45, 7) is -0.395. The van der Waals surface area contributed by atoms with E-state index in [0.29, 0.717) is 16.5 Å². The molecule has 0 amide bonds. The van der Waals surface area contributed by atoms with Crippen molar-refractivity contribution in [2.45, 2.75) is 4.90 Å². The summed E-state index contributed by atoms with van der Waals surface area (Å²) >= 11 is 7.95. The second-order valence-corrected chi connectivity index (χ2v) is 7.77. The zero-order valence-corrected chi connectivity index (χ0v) is 18.0. The molecule has 0 aromatic heterocycles. The molecule has 0 unspecified atom stereocenters. The molecule has 0 aliphatic carbocycles. The van der Waals surface area contributed by atoms with Crippen molar-refractivity contribution in [1.82, 2.24) is 0 Å². The first-order chi connectivity index (χ1) is 14.6. The summed E-state index contributed by atoms with van der Waals surface area (Å²) in [6.07, 6.45) is 2.17. The van der Waals surface area contributed by atoms with Gasteiger partial charge in [0.2, 0.25) is 0 Å². The predicted molar refractivity (Wildman–Crippen MR) is 122 cm³/mol. The van der Waals surface area contributed by atoms with E-state index >= 15 is 0 Å². The molecule has 3 rings (SSSR count). The van der Waals surface area contributed by atoms with Crippen molar-refractivity contribution in [3.05, 3.63) is 95.0 Å². The fraction of sp³-hybridized carbons (Fsp3) is 0.125. The van der Waals surface area contributed by atoms with Crippen molar-refractivity contribution < 1.29 is 19.4 Å². The average molecular weight is 441 g/mol. The highest BCUT2D eigenvalue weighted by molar-refractivity contribution is 7.99. The molecule has 0 aliphatic heterocycles. The summed E-state index contributed by atoms with van der Waals surface area (Å²) in [6, 6.07) is 23.4. The van der Waals surface area contributed by atoms with Crippen LogP contribution in [0.4, 0.5) is 0 Å². The molecule has 0 saturated heterocycles. The van der Waals surface area contributed by atoms with Gasteiger partial charge in [-0.05, 0) is 47.0 Å². The zero-order valence-electron chi connectivity index (χ0n) is 16.4. The lowest BCUT2D eigenvalue weighted by Crippen LogP contribution is -2.09. The summed E-state index contributed by atoms with van der Waals surface area (Å²) in [5.41, 5.74) is 3.36. The van der Waals surface area contributed by atoms with E-state index in [1.807, 2.05) is 48.5 Å². The van der Waals surface area contributed by atoms with Crippen molar-refractivity contribution in [2.24, 2.45) is 0 Å². The Labute approximate surface area is 185 Å². The van der Waals surface area contributed by atoms with Crippen molar-refractivity contribution in [2.75, 3.05) is 19.5 Å². The normalized spacial score (nSPS) is 11.2. The number of methoxy groups -OCH3 is 1. The van der Waals surface area contributed by atoms with Gasteiger partial charge in [-0.15, -0.1) is 11.8 Å². The SMILES string of the molecule is COc1ccc(/C(=C\CSc2ccc(OCC(=O)O)cc2Cl)c2ccccc2)cc1. The maximum Gasteiger partial charge on any atom is 0.341 e. The molecular formula is C24H21ClO4S. The van der Waals surface area contributed by atoms with Gasteiger partial charge in [0.1, 0.15) is 11.5 Å². The molecule has 3 aromatic rings. The van der Waals surface area contributed by atoms with E-state index in [1.54, 1.807) is 31.0 Å². The number of halogens is 1. The first kappa shape index (κ1) is 21.8. The Morgan fingerprint density at radius 1 is 1.00 bits per heavy atom. The molecular weight excluding hydrogens is 420 g/mol. The maximum atomic E-state index is 10.6. The quantitative estimate of drug-likeness (QED) is 0.411. The molecule has 6 heteroatoms. The minimum atomic E-state index is -1.03. The van der Waals surface area contributed by atoms with Crippen LogP contribution in [0.2, 0.25) is 5.02 Å². The number of ether oxygens (including phenoxy) is 2. The van der Waals surface area contributed by atoms with Crippen LogP contribution in [0.1, 0.15) is 11.1 Å². The van der Waals surface area contributed by atoms with Crippen molar-refractivity contribution in [1.29, 1.82) is 0 Å². The van der Waals surface area contributed by atoms with Gasteiger partial charge in [-0.3, -0.25) is 0 Å². The van der Waals surface area contributed by atoms with E-state index in [2.05, 4.69) is 18.2 Å². The monoisotopic (exact) mass is 440 g/mol. The Morgan fingerprint density at radius 3 is 2.30 bits per heavy atom. The molecule has 0 spiro atoms. The van der Waals surface area contributed by atoms with Gasteiger partial charge in [-0.2, -0.15) is 0 Å². The van der Waals surface area contributed by atoms with Crippen LogP contribution >= 0.6 is 23.4 Å². The largest absolute Gasteiger partial charge is 0.497 e. The van der Waals surface area contributed by atoms with Gasteiger partial charge in [0.15, 0.2) is 6.61 Å². The van der Waals surface area contributed by atoms with Crippen LogP contribution in [-0.4, -0.2) is 30.5 Å². The standard InChI is InChI=1S/C24H21ClO4S/c1-28-19-9-7-18(8-10-19)21(17-5-3-2-4-6-17)13-14-30-23-12-11-20(15-22(23)25)29-16-24(26)27/h2-13,15H,14,16H2,1H3,(H,26,27)/b21-13-. The lowest BCUT2D eigenvalue weighted by Gasteiger charge is -2.11. The van der Waals surface area contributed by atoms with Crippen molar-refractivity contribution in [3.8, 4) is 11.5 Å². The predicted octanol–water partition coefficient (Wildman–Crippen LogP) is 6.04. The van der Waals surface area contributed by atoms with Crippen LogP contribution < -0.4 is 9.47 Å². The summed E-state index contributed by atoms with van der Waals surface area (Å²) in [5, 5.41) is 9.24. The second kappa shape index (κ2) is 10.8. The van der Waals surface area contributed by atoms with E-state index in [4.69, 9.17) is 26.2 Å². The number of rotatable bonds is 9. The van der Waals surface area contributed by atoms with Gasteiger partial charge >= 0.3 is 5.97 Å². The van der Waals surface area contributed by atoms with E-state index < -0.39 is 12.6 Å². The van der Waals surface area contributed by atoms with Gasteiger partial charge in [0.05, 0.1) is 12.1 Å². The number of aliphatic carboxylic acids is 1. The maximum absolute atomic E-state index is 10.6. The molecule has 0 saturated carbocycles. The third kappa shape index (κ3) is 6.05. The van der Waals surface area contributed by atoms with E-state index in [9.17, 15) is 4.79 Å². The highest BCUT2D eigenvalue weighted by atomic mass is 35.5. The number of benzene rings is 3. The first-order valence-electron chi connectivity index (χ1n) is 9.24. The van der Waals surface area contributed by atoms with Gasteiger partial charge in [-0.25, -0.2) is 4.79 Å². The summed E-state index contributed by atoms with van der Waals surface area (Å²) in [7, 11) is 1.65. The molecule has 0 atom stereocenters. The molecule has 0 aliphatic rings. The van der Waals surface area contributed by atoms with Crippen LogP contribution in [0.5, 0.6) is 11.5 Å². The van der Waals surface area contributed by atoms with Gasteiger partial charge in [0, 0.05) is 10.6 Å². The Hall–Kier alpha value is -2.89. The molecule has 30 heavy (non-hydrogen) atoms. The minimum Gasteiger partial charge on any atom is -0.497 e. The number of hydrogen-bond acceptors (Lipinski definition) is 4. The highest BCUT2D eigenvalue weighted by Crippen LogP contribution is 2.32. The van der Waals surface area contributed by atoms with Crippen molar-refractivity contribution >= 4 is 34.9 Å². The van der Waals surface area contributed by atoms with Gasteiger partial charge in [0.25, 0.3) is 0 Å². The number of carboxylic acids is 1. The Morgan fingerprint density at radius 2 is 1.67 bits per heavy atom. The summed E-state index contributed by atoms with van der Waals surface area (Å²) < 4.78 is 10.4. The molecule has 3 aromatic carbocycles. The van der Waals surface area contributed by atoms with Crippen LogP contribution in [0, 0.1) is 0 Å². The van der Waals surface area contributed by atoms with Crippen LogP contribution in [0.25, 0.3) is 5.57 Å². The third-order valence-corrected chi connectivity index (χ3v) is 5.70. The number of hydrogen-bond donors (Lipinski definition) is 1. The fourth-order valence-electron chi connectivity index (χ4n) is 2.84. The second-order valence-electron chi connectivity index (χ2n) is 6.30. The minimum absolute atomic E-state index is 0.395. The lowest BCUT2D eigenvalue weighted by molar-refractivity contribution is -0.139. The summed E-state index contributed by atoms with van der Waals surface area (Å²) in [4.78, 5) is 11.5. The van der Waals surface area contributed by atoms with Gasteiger partial charge < -0.3 is 14.6 Å². The first-order valence-corrected chi connectivity index (χ1v) is 10.6. The molecule has 0 bridgehead atoms. The Kier molecular flexibility index (Phi) is 7.82. The van der Waals surface area contributed by atoms with E-state index in [-0.39, 0.29) is 0 Å². The summed E-state index contributed by atoms with van der Waals surface area (Å²) in [5.74, 6) is 0.940. The molecule has 0 heterocycles. The third-order valence-electron chi connectivity index (χ3n) is 4.28. The zero-order chi connectivity index (χ0) is 21.3. The van der Waals surface area contributed by atoms with Crippen LogP contribution in [0.15, 0.2) is 83.8 Å². The lowest BCUT2D eigenvalue weighted by atomic mass is 9.98. The molecule has 0 radical (unpaired) electrons. The molecule has 4 nitrogen and oxygen atoms in total. The van der Waals surface area contributed by atoms with Crippen LogP contribution in [-0.2, 0) is 4.79 Å². The highest BCUT2D eigenvalue weighted by Gasteiger charge is 2.08. The fourth-order valence-corrected chi connectivity index (χ4v) is 3.96. The van der Waals surface area contributed by atoms with E-state index in [1.165, 1.54) is 0 Å². The van der Waals surface area contributed by atoms with Gasteiger partial charge in [-0.1, -0.05) is 60.1 Å². The number of thioether (sulfide) groups is 1. The topological polar surface area (TPSA) is 55.8 Å².